The molecule has 5 rings (SSSR count). The van der Waals surface area contributed by atoms with Crippen molar-refractivity contribution >= 4 is 34.6 Å². The fourth-order valence-corrected chi connectivity index (χ4v) is 5.63. The normalized spacial score (nSPS) is 12.9. The van der Waals surface area contributed by atoms with Crippen molar-refractivity contribution in [2.45, 2.75) is 31.3 Å². The zero-order valence-electron chi connectivity index (χ0n) is 19.7. The van der Waals surface area contributed by atoms with Gasteiger partial charge >= 0.3 is 6.03 Å². The number of hydrogen-bond acceptors (Lipinski definition) is 4. The number of carbonyl (C=O) groups is 2. The van der Waals surface area contributed by atoms with Gasteiger partial charge in [0.2, 0.25) is 0 Å². The molecule has 0 unspecified atom stereocenters. The molecule has 3 amide bonds. The average Bonchev–Trinajstić information content (AvgIpc) is 3.35. The Morgan fingerprint density at radius 3 is 1.97 bits per heavy atom. The minimum Gasteiger partial charge on any atom is -0.372 e. The molecule has 36 heavy (non-hydrogen) atoms. The molecule has 3 N–H and O–H groups in total. The van der Waals surface area contributed by atoms with Gasteiger partial charge in [-0.2, -0.15) is 0 Å². The number of para-hydroxylation sites is 1. The van der Waals surface area contributed by atoms with Gasteiger partial charge in [-0.3, -0.25) is 10.2 Å². The summed E-state index contributed by atoms with van der Waals surface area (Å²) in [5.74, 6) is -0.744. The van der Waals surface area contributed by atoms with Crippen LogP contribution < -0.4 is 15.8 Å². The summed E-state index contributed by atoms with van der Waals surface area (Å²) >= 11 is 1.65. The number of hydrogen-bond donors (Lipinski definition) is 3. The third kappa shape index (κ3) is 4.63. The Bertz CT molecular complexity index is 1300. The van der Waals surface area contributed by atoms with Crippen LogP contribution in [0.1, 0.15) is 34.4 Å². The molecule has 0 spiro atoms. The zero-order chi connectivity index (χ0) is 25.0. The van der Waals surface area contributed by atoms with Crippen molar-refractivity contribution in [1.82, 2.24) is 5.43 Å². The summed E-state index contributed by atoms with van der Waals surface area (Å²) in [5.41, 5.74) is 3.89. The number of fused-ring (bicyclic) bond motifs is 1. The lowest BCUT2D eigenvalue weighted by atomic mass is 9.85. The Hall–Kier alpha value is -3.94. The second kappa shape index (κ2) is 10.4. The van der Waals surface area contributed by atoms with Crippen LogP contribution in [0.3, 0.4) is 0 Å². The van der Waals surface area contributed by atoms with Crippen LogP contribution in [0, 0.1) is 0 Å². The number of nitrogens with one attached hydrogen (secondary N) is 2. The highest BCUT2D eigenvalue weighted by atomic mass is 32.1. The molecular formula is C29H27N3O3S. The lowest BCUT2D eigenvalue weighted by Crippen LogP contribution is -2.55. The zero-order valence-corrected chi connectivity index (χ0v) is 20.5. The summed E-state index contributed by atoms with van der Waals surface area (Å²) < 4.78 is 0. The topological polar surface area (TPSA) is 81.7 Å². The third-order valence-electron chi connectivity index (χ3n) is 6.45. The molecule has 3 aromatic carbocycles. The highest BCUT2D eigenvalue weighted by Gasteiger charge is 2.41. The fraction of sp³-hybridized carbons (Fsp3) is 0.172. The van der Waals surface area contributed by atoms with E-state index < -0.39 is 17.5 Å². The Morgan fingerprint density at radius 1 is 0.806 bits per heavy atom. The molecule has 0 atom stereocenters. The second-order valence-electron chi connectivity index (χ2n) is 8.74. The first-order valence-electron chi connectivity index (χ1n) is 12.0. The summed E-state index contributed by atoms with van der Waals surface area (Å²) in [5, 5.41) is 18.0. The number of benzene rings is 3. The number of aliphatic hydroxyl groups is 1. The van der Waals surface area contributed by atoms with Crippen molar-refractivity contribution in [3.63, 3.8) is 0 Å². The molecular weight excluding hydrogens is 470 g/mol. The number of rotatable bonds is 5. The predicted octanol–water partition coefficient (Wildman–Crippen LogP) is 5.63. The highest BCUT2D eigenvalue weighted by Crippen LogP contribution is 2.34. The SMILES string of the molecule is O=C(Nc1csc2c1CCCC2)N(NC(=O)C(O)(c1ccccc1)c1ccccc1)c1ccccc1. The van der Waals surface area contributed by atoms with E-state index in [-0.39, 0.29) is 0 Å². The molecule has 182 valence electrons. The largest absolute Gasteiger partial charge is 0.372 e. The molecule has 0 saturated heterocycles. The van der Waals surface area contributed by atoms with Gasteiger partial charge in [0.15, 0.2) is 5.60 Å². The summed E-state index contributed by atoms with van der Waals surface area (Å²) in [4.78, 5) is 28.7. The van der Waals surface area contributed by atoms with Gasteiger partial charge in [-0.15, -0.1) is 11.3 Å². The molecule has 1 aliphatic carbocycles. The second-order valence-corrected chi connectivity index (χ2v) is 9.71. The first-order valence-corrected chi connectivity index (χ1v) is 12.8. The predicted molar refractivity (Wildman–Crippen MR) is 143 cm³/mol. The van der Waals surface area contributed by atoms with Crippen LogP contribution in [0.2, 0.25) is 0 Å². The molecule has 7 heteroatoms. The third-order valence-corrected chi connectivity index (χ3v) is 7.53. The van der Waals surface area contributed by atoms with Gasteiger partial charge in [-0.1, -0.05) is 78.9 Å². The number of urea groups is 1. The standard InChI is InChI=1S/C29H27N3O3S/c33-27(29(35,21-12-4-1-5-13-21)22-14-6-2-7-15-22)31-32(23-16-8-3-9-17-23)28(34)30-25-20-36-26-19-11-10-18-24(25)26/h1-9,12-17,20,35H,10-11,18-19H2,(H,30,34)(H,31,33). The molecule has 0 radical (unpaired) electrons. The summed E-state index contributed by atoms with van der Waals surface area (Å²) in [6.45, 7) is 0. The quantitative estimate of drug-likeness (QED) is 0.313. The van der Waals surface area contributed by atoms with Crippen molar-refractivity contribution in [3.05, 3.63) is 118 Å². The summed E-state index contributed by atoms with van der Waals surface area (Å²) in [7, 11) is 0. The van der Waals surface area contributed by atoms with E-state index in [0.717, 1.165) is 36.4 Å². The van der Waals surface area contributed by atoms with Crippen molar-refractivity contribution in [1.29, 1.82) is 0 Å². The van der Waals surface area contributed by atoms with Crippen LogP contribution in [0.5, 0.6) is 0 Å². The molecule has 1 aliphatic rings. The van der Waals surface area contributed by atoms with E-state index in [1.165, 1.54) is 10.4 Å². The van der Waals surface area contributed by atoms with E-state index in [0.29, 0.717) is 16.8 Å². The van der Waals surface area contributed by atoms with Crippen LogP contribution >= 0.6 is 11.3 Å². The maximum absolute atomic E-state index is 13.8. The van der Waals surface area contributed by atoms with Crippen molar-refractivity contribution in [3.8, 4) is 0 Å². The minimum atomic E-state index is -2.02. The van der Waals surface area contributed by atoms with Gasteiger partial charge in [0.25, 0.3) is 5.91 Å². The number of nitrogens with zero attached hydrogens (tertiary/aromatic N) is 1. The van der Waals surface area contributed by atoms with E-state index in [4.69, 9.17) is 0 Å². The molecule has 1 aromatic heterocycles. The van der Waals surface area contributed by atoms with Crippen molar-refractivity contribution in [2.24, 2.45) is 0 Å². The van der Waals surface area contributed by atoms with Gasteiger partial charge in [-0.05, 0) is 54.5 Å². The van der Waals surface area contributed by atoms with E-state index >= 15 is 0 Å². The monoisotopic (exact) mass is 497 g/mol. The van der Waals surface area contributed by atoms with Gasteiger partial charge in [-0.25, -0.2) is 9.80 Å². The molecule has 0 aliphatic heterocycles. The number of carbonyl (C=O) groups excluding carboxylic acids is 2. The Labute approximate surface area is 214 Å². The first-order chi connectivity index (χ1) is 17.6. The molecule has 6 nitrogen and oxygen atoms in total. The Kier molecular flexibility index (Phi) is 6.84. The van der Waals surface area contributed by atoms with Crippen LogP contribution in [-0.2, 0) is 23.2 Å². The van der Waals surface area contributed by atoms with Gasteiger partial charge in [0, 0.05) is 10.3 Å². The van der Waals surface area contributed by atoms with Crippen molar-refractivity contribution in [2.75, 3.05) is 10.3 Å². The van der Waals surface area contributed by atoms with E-state index in [1.807, 2.05) is 23.6 Å². The smallest absolute Gasteiger partial charge is 0.345 e. The maximum atomic E-state index is 13.8. The van der Waals surface area contributed by atoms with Crippen molar-refractivity contribution < 1.29 is 14.7 Å². The van der Waals surface area contributed by atoms with Gasteiger partial charge in [0.05, 0.1) is 11.4 Å². The summed E-state index contributed by atoms with van der Waals surface area (Å²) in [6, 6.07) is 25.8. The number of aryl methyl sites for hydroxylation is 1. The molecule has 0 saturated carbocycles. The van der Waals surface area contributed by atoms with E-state index in [2.05, 4.69) is 10.7 Å². The molecule has 1 heterocycles. The van der Waals surface area contributed by atoms with E-state index in [1.54, 1.807) is 84.1 Å². The molecule has 0 bridgehead atoms. The molecule has 0 fully saturated rings. The van der Waals surface area contributed by atoms with Gasteiger partial charge < -0.3 is 10.4 Å². The lowest BCUT2D eigenvalue weighted by molar-refractivity contribution is -0.136. The van der Waals surface area contributed by atoms with Crippen LogP contribution in [0.25, 0.3) is 0 Å². The van der Waals surface area contributed by atoms with Gasteiger partial charge in [0.1, 0.15) is 0 Å². The number of thiophene rings is 1. The number of anilines is 2. The minimum absolute atomic E-state index is 0.397. The number of hydrazine groups is 1. The van der Waals surface area contributed by atoms with Crippen LogP contribution in [0.15, 0.2) is 96.4 Å². The maximum Gasteiger partial charge on any atom is 0.345 e. The first kappa shape index (κ1) is 23.8. The van der Waals surface area contributed by atoms with Crippen LogP contribution in [-0.4, -0.2) is 17.0 Å². The highest BCUT2D eigenvalue weighted by molar-refractivity contribution is 7.10. The molecule has 4 aromatic rings. The van der Waals surface area contributed by atoms with E-state index in [9.17, 15) is 14.7 Å². The number of amides is 3. The Morgan fingerprint density at radius 2 is 1.36 bits per heavy atom. The summed E-state index contributed by atoms with van der Waals surface area (Å²) in [6.07, 6.45) is 4.20. The Balaban J connectivity index is 1.49. The van der Waals surface area contributed by atoms with Crippen LogP contribution in [0.4, 0.5) is 16.2 Å². The lowest BCUT2D eigenvalue weighted by Gasteiger charge is -2.32. The average molecular weight is 498 g/mol. The fourth-order valence-electron chi connectivity index (χ4n) is 4.55.